The molecule has 4 aliphatic rings. The fourth-order valence-corrected chi connectivity index (χ4v) is 9.58. The molecule has 55 heavy (non-hydrogen) atoms. The lowest BCUT2D eigenvalue weighted by atomic mass is 9.49. The van der Waals surface area contributed by atoms with E-state index >= 15 is 4.79 Å². The van der Waals surface area contributed by atoms with Gasteiger partial charge in [0.2, 0.25) is 11.8 Å². The van der Waals surface area contributed by atoms with Crippen molar-refractivity contribution < 1.29 is 42.2 Å². The first-order chi connectivity index (χ1) is 26.2. The molecule has 2 aliphatic carbocycles. The Balaban J connectivity index is 1.31. The standard InChI is InChI=1S/C40H31Cl2F3N4O6/c1-47(34-29(42)15-16-31(46-34)40(43,44)45)49-35(51)26-14-13-24-27(32(26)37(49)53)19-28-36(52)48(22-10-6-9-21(41)17-22)38(54)39(28,20-7-4-3-5-8-20)33(24)25-12-11-23(55-2)18-30(25)50/h3-13,15-18,26-28,32-33,50H,14,19H2,1-2H3/t26-,27+,28-,32-,33+,39+/m0/s1. The van der Waals surface area contributed by atoms with E-state index in [4.69, 9.17) is 27.9 Å². The summed E-state index contributed by atoms with van der Waals surface area (Å²) in [6.07, 6.45) is -3.05. The molecule has 3 aromatic carbocycles. The van der Waals surface area contributed by atoms with E-state index in [0.717, 1.165) is 21.0 Å². The van der Waals surface area contributed by atoms with Crippen molar-refractivity contribution in [3.63, 3.8) is 0 Å². The van der Waals surface area contributed by atoms with Gasteiger partial charge in [-0.1, -0.05) is 77.3 Å². The van der Waals surface area contributed by atoms with Crippen LogP contribution in [0.2, 0.25) is 10.0 Å². The minimum Gasteiger partial charge on any atom is -0.508 e. The quantitative estimate of drug-likeness (QED) is 0.159. The Labute approximate surface area is 322 Å². The summed E-state index contributed by atoms with van der Waals surface area (Å²) in [7, 11) is 2.67. The summed E-state index contributed by atoms with van der Waals surface area (Å²) in [4.78, 5) is 63.8. The molecular formula is C40H31Cl2F3N4O6. The van der Waals surface area contributed by atoms with Crippen LogP contribution in [0.1, 0.15) is 35.6 Å². The Hall–Kier alpha value is -5.40. The maximum absolute atomic E-state index is 15.3. The summed E-state index contributed by atoms with van der Waals surface area (Å²) in [6.45, 7) is 0. The molecule has 15 heteroatoms. The Morgan fingerprint density at radius 2 is 1.65 bits per heavy atom. The van der Waals surface area contributed by atoms with Crippen molar-refractivity contribution >= 4 is 58.3 Å². The average Bonchev–Trinajstić information content (AvgIpc) is 3.55. The predicted octanol–water partition coefficient (Wildman–Crippen LogP) is 7.34. The van der Waals surface area contributed by atoms with Crippen molar-refractivity contribution in [3.8, 4) is 11.5 Å². The Kier molecular flexibility index (Phi) is 8.73. The van der Waals surface area contributed by atoms with Crippen LogP contribution in [0.4, 0.5) is 24.7 Å². The monoisotopic (exact) mass is 790 g/mol. The number of imide groups is 2. The summed E-state index contributed by atoms with van der Waals surface area (Å²) < 4.78 is 46.4. The number of methoxy groups -OCH3 is 1. The number of hydrogen-bond acceptors (Lipinski definition) is 8. The van der Waals surface area contributed by atoms with Crippen LogP contribution in [0.25, 0.3) is 0 Å². The fourth-order valence-electron chi connectivity index (χ4n) is 9.17. The molecule has 1 N–H and O–H groups in total. The van der Waals surface area contributed by atoms with E-state index in [1.54, 1.807) is 66.7 Å². The minimum atomic E-state index is -4.83. The molecule has 8 rings (SSSR count). The molecule has 0 bridgehead atoms. The first-order valence-corrected chi connectivity index (χ1v) is 18.1. The van der Waals surface area contributed by atoms with Gasteiger partial charge in [-0.25, -0.2) is 9.88 Å². The number of anilines is 2. The Morgan fingerprint density at radius 3 is 2.33 bits per heavy atom. The van der Waals surface area contributed by atoms with E-state index in [1.807, 2.05) is 0 Å². The smallest absolute Gasteiger partial charge is 0.433 e. The highest BCUT2D eigenvalue weighted by Gasteiger charge is 2.70. The van der Waals surface area contributed by atoms with Crippen molar-refractivity contribution in [2.24, 2.45) is 23.7 Å². The maximum Gasteiger partial charge on any atom is 0.433 e. The molecule has 4 aromatic rings. The number of hydrogen-bond donors (Lipinski definition) is 1. The second kappa shape index (κ2) is 13.1. The Morgan fingerprint density at radius 1 is 0.909 bits per heavy atom. The normalized spacial score (nSPS) is 26.1. The molecule has 2 saturated heterocycles. The summed E-state index contributed by atoms with van der Waals surface area (Å²) in [5.74, 6) is -7.85. The van der Waals surface area contributed by atoms with Crippen LogP contribution in [-0.2, 0) is 30.8 Å². The molecule has 0 spiro atoms. The minimum absolute atomic E-state index is 0.0261. The first-order valence-electron chi connectivity index (χ1n) is 17.3. The predicted molar refractivity (Wildman–Crippen MR) is 195 cm³/mol. The number of carbonyl (C=O) groups excluding carboxylic acids is 4. The number of benzene rings is 3. The van der Waals surface area contributed by atoms with E-state index in [2.05, 4.69) is 4.98 Å². The third-order valence-corrected chi connectivity index (χ3v) is 11.9. The number of alkyl halides is 3. The fraction of sp³-hybridized carbons (Fsp3) is 0.275. The van der Waals surface area contributed by atoms with Crippen molar-refractivity contribution in [2.75, 3.05) is 24.1 Å². The highest BCUT2D eigenvalue weighted by Crippen LogP contribution is 2.65. The lowest BCUT2D eigenvalue weighted by Crippen LogP contribution is -2.53. The van der Waals surface area contributed by atoms with Crippen molar-refractivity contribution in [1.29, 1.82) is 0 Å². The number of fused-ring (bicyclic) bond motifs is 4. The highest BCUT2D eigenvalue weighted by atomic mass is 35.5. The van der Waals surface area contributed by atoms with Crippen LogP contribution in [0.5, 0.6) is 11.5 Å². The maximum atomic E-state index is 15.3. The molecule has 0 radical (unpaired) electrons. The number of amides is 4. The zero-order valence-corrected chi connectivity index (χ0v) is 30.6. The van der Waals surface area contributed by atoms with Crippen molar-refractivity contribution in [3.05, 3.63) is 123 Å². The third-order valence-electron chi connectivity index (χ3n) is 11.4. The Bertz CT molecular complexity index is 2320. The zero-order chi connectivity index (χ0) is 39.1. The molecule has 10 nitrogen and oxygen atoms in total. The molecule has 3 fully saturated rings. The van der Waals surface area contributed by atoms with Gasteiger partial charge in [0, 0.05) is 29.6 Å². The van der Waals surface area contributed by atoms with Gasteiger partial charge in [-0.2, -0.15) is 18.2 Å². The van der Waals surface area contributed by atoms with E-state index < -0.39 is 76.3 Å². The summed E-state index contributed by atoms with van der Waals surface area (Å²) in [5, 5.41) is 13.4. The van der Waals surface area contributed by atoms with Crippen LogP contribution in [-0.4, -0.2) is 52.9 Å². The number of carbonyl (C=O) groups is 4. The molecule has 3 heterocycles. The number of phenolic OH excluding ortho intramolecular Hbond substituents is 1. The largest absolute Gasteiger partial charge is 0.508 e. The molecule has 2 aliphatic heterocycles. The first kappa shape index (κ1) is 36.6. The number of halogens is 5. The number of aromatic hydroxyl groups is 1. The van der Waals surface area contributed by atoms with Crippen molar-refractivity contribution in [2.45, 2.75) is 30.4 Å². The second-order valence-electron chi connectivity index (χ2n) is 14.0. The lowest BCUT2D eigenvalue weighted by molar-refractivity contribution is -0.141. The summed E-state index contributed by atoms with van der Waals surface area (Å²) in [5.41, 5.74) is -1.30. The molecule has 0 unspecified atom stereocenters. The second-order valence-corrected chi connectivity index (χ2v) is 14.9. The van der Waals surface area contributed by atoms with Gasteiger partial charge in [-0.05, 0) is 60.7 Å². The van der Waals surface area contributed by atoms with Gasteiger partial charge in [-0.3, -0.25) is 24.2 Å². The van der Waals surface area contributed by atoms with Crippen LogP contribution >= 0.6 is 23.2 Å². The van der Waals surface area contributed by atoms with E-state index in [-0.39, 0.29) is 29.3 Å². The molecule has 1 aromatic heterocycles. The van der Waals surface area contributed by atoms with E-state index in [1.165, 1.54) is 26.3 Å². The van der Waals surface area contributed by atoms with Gasteiger partial charge in [0.05, 0.1) is 41.0 Å². The summed E-state index contributed by atoms with van der Waals surface area (Å²) in [6, 6.07) is 21.5. The molecular weight excluding hydrogens is 760 g/mol. The van der Waals surface area contributed by atoms with Gasteiger partial charge in [0.15, 0.2) is 5.82 Å². The van der Waals surface area contributed by atoms with Gasteiger partial charge >= 0.3 is 6.18 Å². The molecule has 6 atom stereocenters. The number of phenols is 1. The van der Waals surface area contributed by atoms with Crippen LogP contribution in [0.3, 0.4) is 0 Å². The number of hydrazine groups is 1. The number of rotatable bonds is 6. The van der Waals surface area contributed by atoms with Crippen LogP contribution < -0.4 is 14.6 Å². The number of allylic oxidation sites excluding steroid dienone is 2. The molecule has 4 amide bonds. The van der Waals surface area contributed by atoms with Gasteiger partial charge in [-0.15, -0.1) is 0 Å². The topological polar surface area (TPSA) is 120 Å². The van der Waals surface area contributed by atoms with Gasteiger partial charge < -0.3 is 9.84 Å². The zero-order valence-electron chi connectivity index (χ0n) is 29.1. The lowest BCUT2D eigenvalue weighted by Gasteiger charge is -2.50. The van der Waals surface area contributed by atoms with Crippen LogP contribution in [0, 0.1) is 23.7 Å². The highest BCUT2D eigenvalue weighted by molar-refractivity contribution is 6.33. The number of aromatic nitrogens is 1. The molecule has 1 saturated carbocycles. The summed E-state index contributed by atoms with van der Waals surface area (Å²) >= 11 is 12.7. The van der Waals surface area contributed by atoms with Crippen LogP contribution in [0.15, 0.2) is 96.6 Å². The van der Waals surface area contributed by atoms with Gasteiger partial charge in [0.25, 0.3) is 11.8 Å². The molecule has 282 valence electrons. The SMILES string of the molecule is COc1ccc([C@H]2C3=CC[C@@H]4C(=O)N(N(C)c5nc(C(F)(F)F)ccc5Cl)C(=O)[C@@H]4[C@@H]3C[C@H]3C(=O)N(c4cccc(Cl)c4)C(=O)[C@@]23c2ccccc2)c(O)c1. The van der Waals surface area contributed by atoms with Crippen molar-refractivity contribution in [1.82, 2.24) is 9.99 Å². The van der Waals surface area contributed by atoms with E-state index in [0.29, 0.717) is 33.5 Å². The average molecular weight is 792 g/mol. The third kappa shape index (κ3) is 5.42. The van der Waals surface area contributed by atoms with Gasteiger partial charge in [0.1, 0.15) is 17.2 Å². The number of nitrogens with zero attached hydrogens (tertiary/aromatic N) is 4. The number of ether oxygens (including phenoxy) is 1. The number of pyridine rings is 1. The van der Waals surface area contributed by atoms with E-state index in [9.17, 15) is 32.7 Å².